The number of hydrogen-bond acceptors (Lipinski definition) is 5. The number of nitro benzene ring substituents is 1. The molecule has 0 aliphatic carbocycles. The number of hydrogen-bond donors (Lipinski definition) is 1. The summed E-state index contributed by atoms with van der Waals surface area (Å²) in [5.74, 6) is -0.335. The molecule has 7 heteroatoms. The zero-order valence-electron chi connectivity index (χ0n) is 10.7. The average Bonchev–Trinajstić information content (AvgIpc) is 2.48. The van der Waals surface area contributed by atoms with E-state index in [9.17, 15) is 14.9 Å². The number of ketones is 1. The van der Waals surface area contributed by atoms with Gasteiger partial charge in [-0.05, 0) is 6.07 Å². The molecule has 2 aromatic carbocycles. The SMILES string of the molecule is N#CO.O=C(c1ccccc1)c1ccccc1[N+](=O)[O-].[Se]. The van der Waals surface area contributed by atoms with Crippen LogP contribution in [0.25, 0.3) is 0 Å². The van der Waals surface area contributed by atoms with Crippen LogP contribution in [0, 0.1) is 21.6 Å². The van der Waals surface area contributed by atoms with Crippen molar-refractivity contribution < 1.29 is 14.8 Å². The smallest absolute Gasteiger partial charge is 0.283 e. The maximum atomic E-state index is 12.1. The van der Waals surface area contributed by atoms with E-state index in [0.29, 0.717) is 5.56 Å². The van der Waals surface area contributed by atoms with Crippen LogP contribution in [0.2, 0.25) is 0 Å². The number of carbonyl (C=O) groups excluding carboxylic acids is 1. The molecule has 2 radical (unpaired) electrons. The Morgan fingerprint density at radius 3 is 2.10 bits per heavy atom. The van der Waals surface area contributed by atoms with E-state index in [2.05, 4.69) is 0 Å². The standard InChI is InChI=1S/C13H9NO3.CHNO.Se/c15-13(10-6-2-1-3-7-10)11-8-4-5-9-12(11)14(16)17;2-1-3;/h1-9H;3H;. The molecule has 0 aromatic heterocycles. The zero-order valence-corrected chi connectivity index (χ0v) is 12.4. The van der Waals surface area contributed by atoms with Crippen LogP contribution in [0.3, 0.4) is 0 Å². The first-order chi connectivity index (χ1) is 9.61. The molecule has 0 amide bonds. The van der Waals surface area contributed by atoms with Gasteiger partial charge in [0.2, 0.25) is 0 Å². The van der Waals surface area contributed by atoms with E-state index < -0.39 is 4.92 Å². The third kappa shape index (κ3) is 5.07. The fraction of sp³-hybridized carbons (Fsp3) is 0. The maximum absolute atomic E-state index is 12.1. The van der Waals surface area contributed by atoms with Crippen molar-refractivity contribution in [2.24, 2.45) is 0 Å². The first-order valence-electron chi connectivity index (χ1n) is 5.48. The van der Waals surface area contributed by atoms with Crippen molar-refractivity contribution in [3.05, 3.63) is 75.8 Å². The third-order valence-electron chi connectivity index (χ3n) is 2.38. The zero-order chi connectivity index (χ0) is 15.0. The van der Waals surface area contributed by atoms with E-state index in [1.807, 2.05) is 0 Å². The fourth-order valence-corrected chi connectivity index (χ4v) is 1.57. The van der Waals surface area contributed by atoms with E-state index >= 15 is 0 Å². The number of benzene rings is 2. The molecule has 0 aliphatic heterocycles. The van der Waals surface area contributed by atoms with Gasteiger partial charge in [0, 0.05) is 28.7 Å². The summed E-state index contributed by atoms with van der Waals surface area (Å²) in [5, 5.41) is 24.6. The van der Waals surface area contributed by atoms with E-state index in [0.717, 1.165) is 6.26 Å². The molecule has 0 fully saturated rings. The predicted molar refractivity (Wildman–Crippen MR) is 76.3 cm³/mol. The number of aliphatic hydroxyl groups excluding tert-OH is 1. The summed E-state index contributed by atoms with van der Waals surface area (Å²) in [4.78, 5) is 22.3. The molecule has 0 saturated carbocycles. The minimum absolute atomic E-state index is 0. The Kier molecular flexibility index (Phi) is 8.08. The largest absolute Gasteiger partial charge is 0.443 e. The second-order valence-electron chi connectivity index (χ2n) is 3.57. The minimum atomic E-state index is -0.545. The van der Waals surface area contributed by atoms with Crippen molar-refractivity contribution in [3.8, 4) is 6.26 Å². The molecule has 2 rings (SSSR count). The van der Waals surface area contributed by atoms with Gasteiger partial charge in [0.15, 0.2) is 5.78 Å². The fourth-order valence-electron chi connectivity index (χ4n) is 1.57. The molecular formula is C14H10N2O4Se. The van der Waals surface area contributed by atoms with E-state index in [4.69, 9.17) is 10.4 Å². The molecule has 0 unspecified atom stereocenters. The Labute approximate surface area is 131 Å². The van der Waals surface area contributed by atoms with Gasteiger partial charge in [-0.2, -0.15) is 5.26 Å². The molecular weight excluding hydrogens is 339 g/mol. The van der Waals surface area contributed by atoms with Gasteiger partial charge in [0.1, 0.15) is 5.56 Å². The first kappa shape index (κ1) is 18.3. The topological polar surface area (TPSA) is 104 Å². The van der Waals surface area contributed by atoms with Gasteiger partial charge in [-0.25, -0.2) is 0 Å². The third-order valence-corrected chi connectivity index (χ3v) is 2.38. The summed E-state index contributed by atoms with van der Waals surface area (Å²) >= 11 is 0. The molecule has 106 valence electrons. The van der Waals surface area contributed by atoms with Crippen LogP contribution in [0.1, 0.15) is 15.9 Å². The Bertz CT molecular complexity index is 654. The summed E-state index contributed by atoms with van der Waals surface area (Å²) in [6, 6.07) is 14.5. The van der Waals surface area contributed by atoms with Gasteiger partial charge >= 0.3 is 0 Å². The summed E-state index contributed by atoms with van der Waals surface area (Å²) in [5.41, 5.74) is 0.395. The van der Waals surface area contributed by atoms with Crippen LogP contribution in [-0.2, 0) is 0 Å². The molecule has 0 spiro atoms. The van der Waals surface area contributed by atoms with Gasteiger partial charge in [0.05, 0.1) is 4.92 Å². The summed E-state index contributed by atoms with van der Waals surface area (Å²) < 4.78 is 0. The number of carbonyl (C=O) groups is 1. The van der Waals surface area contributed by atoms with Crippen LogP contribution in [0.4, 0.5) is 5.69 Å². The number of nitriles is 1. The van der Waals surface area contributed by atoms with Crippen molar-refractivity contribution in [1.82, 2.24) is 0 Å². The van der Waals surface area contributed by atoms with Gasteiger partial charge in [-0.1, -0.05) is 42.5 Å². The Hall–Kier alpha value is -2.68. The quantitative estimate of drug-likeness (QED) is 0.301. The molecule has 2 aromatic rings. The molecule has 0 saturated heterocycles. The summed E-state index contributed by atoms with van der Waals surface area (Å²) in [7, 11) is 0. The number of nitro groups is 1. The number of rotatable bonds is 3. The Morgan fingerprint density at radius 1 is 1.10 bits per heavy atom. The van der Waals surface area contributed by atoms with E-state index in [-0.39, 0.29) is 34.1 Å². The second kappa shape index (κ2) is 9.26. The molecule has 0 aliphatic rings. The van der Waals surface area contributed by atoms with Gasteiger partial charge in [-0.15, -0.1) is 0 Å². The van der Waals surface area contributed by atoms with Crippen LogP contribution in [0.15, 0.2) is 54.6 Å². The first-order valence-corrected chi connectivity index (χ1v) is 5.48. The van der Waals surface area contributed by atoms with Gasteiger partial charge < -0.3 is 5.11 Å². The average molecular weight is 349 g/mol. The molecule has 0 heterocycles. The molecule has 21 heavy (non-hydrogen) atoms. The van der Waals surface area contributed by atoms with Gasteiger partial charge in [-0.3, -0.25) is 14.9 Å². The predicted octanol–water partition coefficient (Wildman–Crippen LogP) is 2.28. The van der Waals surface area contributed by atoms with Crippen molar-refractivity contribution in [3.63, 3.8) is 0 Å². The van der Waals surface area contributed by atoms with E-state index in [1.54, 1.807) is 42.5 Å². The summed E-state index contributed by atoms with van der Waals surface area (Å²) in [6.45, 7) is 0. The number of nitrogens with zero attached hydrogens (tertiary/aromatic N) is 2. The monoisotopic (exact) mass is 350 g/mol. The van der Waals surface area contributed by atoms with Crippen LogP contribution < -0.4 is 0 Å². The van der Waals surface area contributed by atoms with Crippen LogP contribution >= 0.6 is 0 Å². The Balaban J connectivity index is 0.000000922. The van der Waals surface area contributed by atoms with Crippen molar-refractivity contribution >= 4 is 28.5 Å². The second-order valence-corrected chi connectivity index (χ2v) is 3.57. The molecule has 0 atom stereocenters. The molecule has 0 bridgehead atoms. The van der Waals surface area contributed by atoms with Gasteiger partial charge in [0.25, 0.3) is 11.9 Å². The van der Waals surface area contributed by atoms with E-state index in [1.165, 1.54) is 12.1 Å². The van der Waals surface area contributed by atoms with Crippen molar-refractivity contribution in [2.75, 3.05) is 0 Å². The molecule has 1 N–H and O–H groups in total. The summed E-state index contributed by atoms with van der Waals surface area (Å²) in [6.07, 6.45) is 0.750. The van der Waals surface area contributed by atoms with Crippen LogP contribution in [0.5, 0.6) is 0 Å². The van der Waals surface area contributed by atoms with Crippen LogP contribution in [-0.4, -0.2) is 32.9 Å². The molecule has 6 nitrogen and oxygen atoms in total. The normalized spacial score (nSPS) is 8.33. The maximum Gasteiger partial charge on any atom is 0.283 e. The van der Waals surface area contributed by atoms with Crippen molar-refractivity contribution in [2.45, 2.75) is 0 Å². The number of para-hydroxylation sites is 1. The number of aliphatic hydroxyl groups is 1. The minimum Gasteiger partial charge on any atom is -0.443 e. The van der Waals surface area contributed by atoms with Crippen molar-refractivity contribution in [1.29, 1.82) is 5.26 Å². The Morgan fingerprint density at radius 2 is 1.57 bits per heavy atom.